The van der Waals surface area contributed by atoms with Gasteiger partial charge in [0.15, 0.2) is 0 Å². The van der Waals surface area contributed by atoms with Gasteiger partial charge in [-0.3, -0.25) is 4.79 Å². The Morgan fingerprint density at radius 3 is 3.09 bits per heavy atom. The second-order valence-electron chi connectivity index (χ2n) is 3.14. The van der Waals surface area contributed by atoms with Gasteiger partial charge < -0.3 is 10.4 Å². The Balaban J connectivity index is 2.25. The van der Waals surface area contributed by atoms with Crippen molar-refractivity contribution in [3.05, 3.63) is 11.3 Å². The highest BCUT2D eigenvalue weighted by atomic mass is 16.3. The van der Waals surface area contributed by atoms with E-state index in [1.54, 1.807) is 0 Å². The number of carbonyl (C=O) groups excluding carboxylic acids is 1. The summed E-state index contributed by atoms with van der Waals surface area (Å²) in [6, 6.07) is 0. The van der Waals surface area contributed by atoms with Gasteiger partial charge in [0.25, 0.3) is 0 Å². The van der Waals surface area contributed by atoms with E-state index in [1.165, 1.54) is 0 Å². The molecular weight excluding hydrogens is 142 g/mol. The Bertz CT molecular complexity index is 232. The summed E-state index contributed by atoms with van der Waals surface area (Å²) in [7, 11) is 0. The first kappa shape index (κ1) is 6.85. The molecule has 0 aromatic carbocycles. The third kappa shape index (κ3) is 1.05. The molecule has 3 heteroatoms. The number of hydrogen-bond donors (Lipinski definition) is 2. The zero-order chi connectivity index (χ0) is 7.84. The van der Waals surface area contributed by atoms with Crippen LogP contribution in [0.2, 0.25) is 0 Å². The van der Waals surface area contributed by atoms with Crippen LogP contribution >= 0.6 is 0 Å². The molecule has 1 atom stereocenters. The SMILES string of the molecule is O=C1CC2=C(CCCC2O)N1. The number of hydrogen-bond acceptors (Lipinski definition) is 2. The van der Waals surface area contributed by atoms with Crippen LogP contribution in [0.15, 0.2) is 11.3 Å². The molecule has 2 N–H and O–H groups in total. The summed E-state index contributed by atoms with van der Waals surface area (Å²) in [5, 5.41) is 12.2. The van der Waals surface area contributed by atoms with Gasteiger partial charge in [-0.05, 0) is 24.8 Å². The zero-order valence-electron chi connectivity index (χ0n) is 6.26. The van der Waals surface area contributed by atoms with Gasteiger partial charge in [0.2, 0.25) is 5.91 Å². The van der Waals surface area contributed by atoms with E-state index in [2.05, 4.69) is 5.32 Å². The van der Waals surface area contributed by atoms with E-state index < -0.39 is 0 Å². The molecule has 2 rings (SSSR count). The Kier molecular flexibility index (Phi) is 1.46. The third-order valence-corrected chi connectivity index (χ3v) is 2.34. The van der Waals surface area contributed by atoms with Crippen molar-refractivity contribution in [2.24, 2.45) is 0 Å². The van der Waals surface area contributed by atoms with Crippen LogP contribution in [0, 0.1) is 0 Å². The minimum absolute atomic E-state index is 0.0379. The summed E-state index contributed by atoms with van der Waals surface area (Å²) in [5.41, 5.74) is 1.91. The average molecular weight is 153 g/mol. The first-order chi connectivity index (χ1) is 5.27. The first-order valence-electron chi connectivity index (χ1n) is 3.97. The van der Waals surface area contributed by atoms with Crippen LogP contribution in [0.5, 0.6) is 0 Å². The van der Waals surface area contributed by atoms with Crippen molar-refractivity contribution in [1.29, 1.82) is 0 Å². The molecule has 11 heavy (non-hydrogen) atoms. The molecule has 0 bridgehead atoms. The van der Waals surface area contributed by atoms with E-state index in [1.807, 2.05) is 0 Å². The van der Waals surface area contributed by atoms with Crippen molar-refractivity contribution in [3.8, 4) is 0 Å². The predicted octanol–water partition coefficient (Wildman–Crippen LogP) is 0.305. The third-order valence-electron chi connectivity index (χ3n) is 2.34. The van der Waals surface area contributed by atoms with Crippen molar-refractivity contribution in [2.45, 2.75) is 31.8 Å². The van der Waals surface area contributed by atoms with Crippen LogP contribution in [0.25, 0.3) is 0 Å². The Hall–Kier alpha value is -0.830. The maximum absolute atomic E-state index is 10.9. The van der Waals surface area contributed by atoms with E-state index in [-0.39, 0.29) is 12.0 Å². The minimum Gasteiger partial charge on any atom is -0.389 e. The summed E-state index contributed by atoms with van der Waals surface area (Å²) in [5.74, 6) is 0.0379. The molecule has 1 heterocycles. The molecule has 0 saturated carbocycles. The molecule has 0 spiro atoms. The van der Waals surface area contributed by atoms with E-state index in [4.69, 9.17) is 0 Å². The topological polar surface area (TPSA) is 49.3 Å². The van der Waals surface area contributed by atoms with Gasteiger partial charge in [-0.2, -0.15) is 0 Å². The molecule has 1 amide bonds. The molecule has 60 valence electrons. The Morgan fingerprint density at radius 2 is 2.36 bits per heavy atom. The van der Waals surface area contributed by atoms with Crippen molar-refractivity contribution in [1.82, 2.24) is 5.32 Å². The zero-order valence-corrected chi connectivity index (χ0v) is 6.26. The minimum atomic E-state index is -0.363. The predicted molar refractivity (Wildman–Crippen MR) is 39.6 cm³/mol. The molecule has 3 nitrogen and oxygen atoms in total. The van der Waals surface area contributed by atoms with Crippen LogP contribution in [0.4, 0.5) is 0 Å². The van der Waals surface area contributed by atoms with Gasteiger partial charge in [0.1, 0.15) is 0 Å². The van der Waals surface area contributed by atoms with Gasteiger partial charge >= 0.3 is 0 Å². The van der Waals surface area contributed by atoms with Gasteiger partial charge in [0, 0.05) is 5.70 Å². The molecular formula is C8H11NO2. The van der Waals surface area contributed by atoms with E-state index in [0.29, 0.717) is 6.42 Å². The molecule has 2 aliphatic rings. The lowest BCUT2D eigenvalue weighted by molar-refractivity contribution is -0.119. The molecule has 0 saturated heterocycles. The van der Waals surface area contributed by atoms with Crippen molar-refractivity contribution in [2.75, 3.05) is 0 Å². The highest BCUT2D eigenvalue weighted by Crippen LogP contribution is 2.29. The largest absolute Gasteiger partial charge is 0.389 e. The second-order valence-corrected chi connectivity index (χ2v) is 3.14. The molecule has 1 aliphatic carbocycles. The van der Waals surface area contributed by atoms with Gasteiger partial charge in [-0.15, -0.1) is 0 Å². The Labute approximate surface area is 65.1 Å². The van der Waals surface area contributed by atoms with Crippen LogP contribution in [-0.2, 0) is 4.79 Å². The number of rotatable bonds is 0. The van der Waals surface area contributed by atoms with Crippen LogP contribution in [0.1, 0.15) is 25.7 Å². The second kappa shape index (κ2) is 2.34. The quantitative estimate of drug-likeness (QED) is 0.526. The van der Waals surface area contributed by atoms with Crippen LogP contribution in [0.3, 0.4) is 0 Å². The van der Waals surface area contributed by atoms with Crippen LogP contribution in [-0.4, -0.2) is 17.1 Å². The highest BCUT2D eigenvalue weighted by molar-refractivity contribution is 5.84. The number of aliphatic hydroxyl groups excluding tert-OH is 1. The lowest BCUT2D eigenvalue weighted by atomic mass is 9.94. The Morgan fingerprint density at radius 1 is 1.55 bits per heavy atom. The van der Waals surface area contributed by atoms with E-state index in [9.17, 15) is 9.90 Å². The maximum Gasteiger partial charge on any atom is 0.228 e. The van der Waals surface area contributed by atoms with Crippen molar-refractivity contribution in [3.63, 3.8) is 0 Å². The standard InChI is InChI=1S/C8H11NO2/c10-7-3-1-2-6-5(7)4-8(11)9-6/h7,10H,1-4H2,(H,9,11). The fraction of sp³-hybridized carbons (Fsp3) is 0.625. The molecule has 0 aromatic rings. The highest BCUT2D eigenvalue weighted by Gasteiger charge is 2.28. The maximum atomic E-state index is 10.9. The molecule has 0 aromatic heterocycles. The molecule has 1 unspecified atom stereocenters. The monoisotopic (exact) mass is 153 g/mol. The molecule has 0 fully saturated rings. The number of allylic oxidation sites excluding steroid dienone is 1. The summed E-state index contributed by atoms with van der Waals surface area (Å²) in [4.78, 5) is 10.9. The van der Waals surface area contributed by atoms with Crippen LogP contribution < -0.4 is 5.32 Å². The molecule has 0 radical (unpaired) electrons. The van der Waals surface area contributed by atoms with E-state index in [0.717, 1.165) is 30.5 Å². The van der Waals surface area contributed by atoms with Crippen molar-refractivity contribution >= 4 is 5.91 Å². The smallest absolute Gasteiger partial charge is 0.228 e. The van der Waals surface area contributed by atoms with Gasteiger partial charge in [-0.1, -0.05) is 0 Å². The van der Waals surface area contributed by atoms with Gasteiger partial charge in [-0.25, -0.2) is 0 Å². The summed E-state index contributed by atoms with van der Waals surface area (Å²) < 4.78 is 0. The number of nitrogens with one attached hydrogen (secondary N) is 1. The number of carbonyl (C=O) groups is 1. The fourth-order valence-corrected chi connectivity index (χ4v) is 1.76. The normalized spacial score (nSPS) is 30.3. The van der Waals surface area contributed by atoms with E-state index >= 15 is 0 Å². The average Bonchev–Trinajstić information content (AvgIpc) is 2.31. The molecule has 1 aliphatic heterocycles. The van der Waals surface area contributed by atoms with Gasteiger partial charge in [0.05, 0.1) is 12.5 Å². The fourth-order valence-electron chi connectivity index (χ4n) is 1.76. The summed E-state index contributed by atoms with van der Waals surface area (Å²) in [6.07, 6.45) is 2.78. The first-order valence-corrected chi connectivity index (χ1v) is 3.97. The van der Waals surface area contributed by atoms with Crippen molar-refractivity contribution < 1.29 is 9.90 Å². The lowest BCUT2D eigenvalue weighted by Gasteiger charge is -2.18. The summed E-state index contributed by atoms with van der Waals surface area (Å²) >= 11 is 0. The summed E-state index contributed by atoms with van der Waals surface area (Å²) in [6.45, 7) is 0. The number of aliphatic hydroxyl groups is 1. The number of amides is 1. The lowest BCUT2D eigenvalue weighted by Crippen LogP contribution is -2.18.